The Balaban J connectivity index is 1.82. The lowest BCUT2D eigenvalue weighted by Gasteiger charge is -2.35. The van der Waals surface area contributed by atoms with E-state index in [1.807, 2.05) is 25.1 Å². The molecule has 1 aliphatic heterocycles. The first-order chi connectivity index (χ1) is 11.0. The normalized spacial score (nSPS) is 22.1. The maximum atomic E-state index is 10.3. The van der Waals surface area contributed by atoms with Gasteiger partial charge in [0.25, 0.3) is 0 Å². The highest BCUT2D eigenvalue weighted by Gasteiger charge is 2.24. The number of aliphatic hydroxyl groups is 2. The van der Waals surface area contributed by atoms with E-state index in [0.717, 1.165) is 31.7 Å². The van der Waals surface area contributed by atoms with Crippen molar-refractivity contribution in [3.05, 3.63) is 29.8 Å². The molecular weight excluding hydrogens is 290 g/mol. The highest BCUT2D eigenvalue weighted by Crippen LogP contribution is 2.26. The molecule has 130 valence electrons. The Morgan fingerprint density at radius 3 is 2.65 bits per heavy atom. The Bertz CT molecular complexity index is 475. The summed E-state index contributed by atoms with van der Waals surface area (Å²) in [5.41, 5.74) is 1.17. The minimum Gasteiger partial charge on any atom is -0.491 e. The van der Waals surface area contributed by atoms with Crippen LogP contribution in [0.4, 0.5) is 0 Å². The molecule has 4 nitrogen and oxygen atoms in total. The molecule has 0 saturated carbocycles. The largest absolute Gasteiger partial charge is 0.491 e. The maximum absolute atomic E-state index is 10.3. The van der Waals surface area contributed by atoms with Gasteiger partial charge in [0.2, 0.25) is 0 Å². The van der Waals surface area contributed by atoms with E-state index in [0.29, 0.717) is 25.0 Å². The number of hydrogen-bond donors (Lipinski definition) is 2. The number of ether oxygens (including phenoxy) is 1. The third-order valence-corrected chi connectivity index (χ3v) is 4.67. The molecule has 0 aromatic heterocycles. The van der Waals surface area contributed by atoms with Gasteiger partial charge in [-0.15, -0.1) is 0 Å². The SMILES string of the molecule is CC(C)c1ccccc1OCC(O)CN1CCCC(C(C)O)C1. The Labute approximate surface area is 140 Å². The van der Waals surface area contributed by atoms with Gasteiger partial charge in [-0.25, -0.2) is 0 Å². The van der Waals surface area contributed by atoms with Crippen LogP contribution in [-0.2, 0) is 0 Å². The van der Waals surface area contributed by atoms with Crippen molar-refractivity contribution in [1.29, 1.82) is 0 Å². The predicted molar refractivity (Wildman–Crippen MR) is 92.9 cm³/mol. The zero-order valence-corrected chi connectivity index (χ0v) is 14.6. The number of para-hydroxylation sites is 1. The van der Waals surface area contributed by atoms with Gasteiger partial charge in [0.15, 0.2) is 0 Å². The summed E-state index contributed by atoms with van der Waals surface area (Å²) < 4.78 is 5.85. The van der Waals surface area contributed by atoms with Crippen LogP contribution in [0.5, 0.6) is 5.75 Å². The second kappa shape index (κ2) is 8.67. The highest BCUT2D eigenvalue weighted by molar-refractivity contribution is 5.35. The van der Waals surface area contributed by atoms with Crippen molar-refractivity contribution in [3.63, 3.8) is 0 Å². The van der Waals surface area contributed by atoms with Crippen LogP contribution in [0.1, 0.15) is 45.1 Å². The van der Waals surface area contributed by atoms with Crippen molar-refractivity contribution in [2.75, 3.05) is 26.2 Å². The summed E-state index contributed by atoms with van der Waals surface area (Å²) in [5, 5.41) is 20.0. The summed E-state index contributed by atoms with van der Waals surface area (Å²) in [6, 6.07) is 8.02. The van der Waals surface area contributed by atoms with E-state index in [1.165, 1.54) is 5.56 Å². The van der Waals surface area contributed by atoms with E-state index in [9.17, 15) is 10.2 Å². The Morgan fingerprint density at radius 2 is 1.96 bits per heavy atom. The zero-order chi connectivity index (χ0) is 16.8. The lowest BCUT2D eigenvalue weighted by atomic mass is 9.93. The molecule has 2 rings (SSSR count). The van der Waals surface area contributed by atoms with Crippen LogP contribution in [0.15, 0.2) is 24.3 Å². The van der Waals surface area contributed by atoms with E-state index in [1.54, 1.807) is 0 Å². The topological polar surface area (TPSA) is 52.9 Å². The summed E-state index contributed by atoms with van der Waals surface area (Å²) in [7, 11) is 0. The Morgan fingerprint density at radius 1 is 1.22 bits per heavy atom. The van der Waals surface area contributed by atoms with Gasteiger partial charge in [-0.1, -0.05) is 32.0 Å². The molecule has 3 unspecified atom stereocenters. The summed E-state index contributed by atoms with van der Waals surface area (Å²) >= 11 is 0. The number of β-amino-alcohol motifs (C(OH)–C–C–N with tert-alkyl or cyclic N) is 1. The number of hydrogen-bond acceptors (Lipinski definition) is 4. The maximum Gasteiger partial charge on any atom is 0.122 e. The van der Waals surface area contributed by atoms with Crippen molar-refractivity contribution in [2.24, 2.45) is 5.92 Å². The number of piperidine rings is 1. The molecule has 2 N–H and O–H groups in total. The summed E-state index contributed by atoms with van der Waals surface area (Å²) in [4.78, 5) is 2.24. The average molecular weight is 321 g/mol. The van der Waals surface area contributed by atoms with Crippen molar-refractivity contribution in [1.82, 2.24) is 4.90 Å². The van der Waals surface area contributed by atoms with Crippen LogP contribution in [0, 0.1) is 5.92 Å². The van der Waals surface area contributed by atoms with Crippen molar-refractivity contribution < 1.29 is 14.9 Å². The van der Waals surface area contributed by atoms with Crippen LogP contribution in [0.25, 0.3) is 0 Å². The average Bonchev–Trinajstić information content (AvgIpc) is 2.53. The van der Waals surface area contributed by atoms with Gasteiger partial charge in [-0.05, 0) is 49.8 Å². The lowest BCUT2D eigenvalue weighted by Crippen LogP contribution is -2.44. The molecule has 0 spiro atoms. The number of nitrogens with zero attached hydrogens (tertiary/aromatic N) is 1. The van der Waals surface area contributed by atoms with Crippen molar-refractivity contribution in [2.45, 2.75) is 51.7 Å². The number of likely N-dealkylation sites (tertiary alicyclic amines) is 1. The van der Waals surface area contributed by atoms with Gasteiger partial charge >= 0.3 is 0 Å². The molecule has 1 saturated heterocycles. The summed E-state index contributed by atoms with van der Waals surface area (Å²) in [6.45, 7) is 8.90. The van der Waals surface area contributed by atoms with Gasteiger partial charge in [0.05, 0.1) is 6.10 Å². The molecule has 4 heteroatoms. The zero-order valence-electron chi connectivity index (χ0n) is 14.6. The standard InChI is InChI=1S/C19H31NO3/c1-14(2)18-8-4-5-9-19(18)23-13-17(22)12-20-10-6-7-16(11-20)15(3)21/h4-5,8-9,14-17,21-22H,6-7,10-13H2,1-3H3. The molecule has 3 atom stereocenters. The van der Waals surface area contributed by atoms with Crippen LogP contribution in [0.3, 0.4) is 0 Å². The number of aliphatic hydroxyl groups excluding tert-OH is 2. The van der Waals surface area contributed by atoms with Gasteiger partial charge in [-0.3, -0.25) is 0 Å². The molecule has 1 heterocycles. The molecular formula is C19H31NO3. The third-order valence-electron chi connectivity index (χ3n) is 4.67. The fourth-order valence-corrected chi connectivity index (χ4v) is 3.28. The van der Waals surface area contributed by atoms with Crippen LogP contribution >= 0.6 is 0 Å². The molecule has 1 fully saturated rings. The molecule has 0 bridgehead atoms. The van der Waals surface area contributed by atoms with Crippen LogP contribution < -0.4 is 4.74 Å². The second-order valence-corrected chi connectivity index (χ2v) is 7.06. The van der Waals surface area contributed by atoms with E-state index < -0.39 is 6.10 Å². The lowest BCUT2D eigenvalue weighted by molar-refractivity contribution is 0.0243. The molecule has 1 aromatic rings. The number of rotatable bonds is 7. The molecule has 0 radical (unpaired) electrons. The predicted octanol–water partition coefficient (Wildman–Crippen LogP) is 2.64. The molecule has 23 heavy (non-hydrogen) atoms. The Kier molecular flexibility index (Phi) is 6.88. The van der Waals surface area contributed by atoms with Gasteiger partial charge in [-0.2, -0.15) is 0 Å². The first-order valence-corrected chi connectivity index (χ1v) is 8.77. The van der Waals surface area contributed by atoms with Gasteiger partial charge < -0.3 is 19.8 Å². The summed E-state index contributed by atoms with van der Waals surface area (Å²) in [5.74, 6) is 1.58. The number of benzene rings is 1. The van der Waals surface area contributed by atoms with Crippen molar-refractivity contribution in [3.8, 4) is 5.75 Å². The third kappa shape index (κ3) is 5.48. The Hall–Kier alpha value is -1.10. The minimum absolute atomic E-state index is 0.274. The van der Waals surface area contributed by atoms with E-state index in [-0.39, 0.29) is 6.10 Å². The molecule has 0 amide bonds. The smallest absolute Gasteiger partial charge is 0.122 e. The van der Waals surface area contributed by atoms with E-state index in [2.05, 4.69) is 24.8 Å². The van der Waals surface area contributed by atoms with Crippen LogP contribution in [0.2, 0.25) is 0 Å². The summed E-state index contributed by atoms with van der Waals surface area (Å²) in [6.07, 6.45) is 1.37. The monoisotopic (exact) mass is 321 g/mol. The minimum atomic E-state index is -0.511. The van der Waals surface area contributed by atoms with E-state index >= 15 is 0 Å². The molecule has 1 aliphatic rings. The van der Waals surface area contributed by atoms with Crippen LogP contribution in [-0.4, -0.2) is 53.6 Å². The fraction of sp³-hybridized carbons (Fsp3) is 0.684. The van der Waals surface area contributed by atoms with Crippen molar-refractivity contribution >= 4 is 0 Å². The first kappa shape index (κ1) is 18.2. The molecule has 0 aliphatic carbocycles. The highest BCUT2D eigenvalue weighted by atomic mass is 16.5. The second-order valence-electron chi connectivity index (χ2n) is 7.06. The van der Waals surface area contributed by atoms with Gasteiger partial charge in [0.1, 0.15) is 18.5 Å². The van der Waals surface area contributed by atoms with Gasteiger partial charge in [0, 0.05) is 13.1 Å². The quantitative estimate of drug-likeness (QED) is 0.811. The first-order valence-electron chi connectivity index (χ1n) is 8.77. The fourth-order valence-electron chi connectivity index (χ4n) is 3.28. The van der Waals surface area contributed by atoms with E-state index in [4.69, 9.17) is 4.74 Å². The molecule has 1 aromatic carbocycles.